The lowest BCUT2D eigenvalue weighted by Crippen LogP contribution is -2.40. The standard InChI is InChI=1S/C7H8F6O/c1-2-14-5(3-7(11,12)13)6(9,10)4-8/h2,5H,1,3-4H2. The number of rotatable bonds is 5. The molecule has 84 valence electrons. The molecule has 7 heteroatoms. The van der Waals surface area contributed by atoms with E-state index in [4.69, 9.17) is 0 Å². The quantitative estimate of drug-likeness (QED) is 0.513. The summed E-state index contributed by atoms with van der Waals surface area (Å²) >= 11 is 0. The van der Waals surface area contributed by atoms with Gasteiger partial charge in [0.15, 0.2) is 12.8 Å². The summed E-state index contributed by atoms with van der Waals surface area (Å²) in [4.78, 5) is 0. The molecule has 1 atom stereocenters. The maximum Gasteiger partial charge on any atom is 0.392 e. The lowest BCUT2D eigenvalue weighted by atomic mass is 10.1. The molecule has 0 aromatic carbocycles. The summed E-state index contributed by atoms with van der Waals surface area (Å²) in [6.07, 6.45) is -8.90. The third-order valence-corrected chi connectivity index (χ3v) is 1.33. The first-order valence-corrected chi connectivity index (χ1v) is 3.50. The first-order chi connectivity index (χ1) is 6.23. The molecule has 0 saturated carbocycles. The van der Waals surface area contributed by atoms with Gasteiger partial charge in [-0.25, -0.2) is 4.39 Å². The van der Waals surface area contributed by atoms with Crippen LogP contribution in [0.15, 0.2) is 12.8 Å². The zero-order chi connectivity index (χ0) is 11.4. The van der Waals surface area contributed by atoms with Crippen LogP contribution in [-0.4, -0.2) is 24.9 Å². The van der Waals surface area contributed by atoms with Crippen molar-refractivity contribution in [1.29, 1.82) is 0 Å². The summed E-state index contributed by atoms with van der Waals surface area (Å²) in [7, 11) is 0. The van der Waals surface area contributed by atoms with Crippen LogP contribution in [0.3, 0.4) is 0 Å². The maximum atomic E-state index is 12.5. The molecule has 0 bridgehead atoms. The lowest BCUT2D eigenvalue weighted by molar-refractivity contribution is -0.199. The fraction of sp³-hybridized carbons (Fsp3) is 0.714. The molecular formula is C7H8F6O. The van der Waals surface area contributed by atoms with Gasteiger partial charge in [0.25, 0.3) is 0 Å². The molecule has 0 aromatic heterocycles. The van der Waals surface area contributed by atoms with Gasteiger partial charge in [-0.3, -0.25) is 0 Å². The zero-order valence-electron chi connectivity index (χ0n) is 6.95. The Labute approximate surface area is 76.3 Å². The number of hydrogen-bond acceptors (Lipinski definition) is 1. The lowest BCUT2D eigenvalue weighted by Gasteiger charge is -2.24. The van der Waals surface area contributed by atoms with Crippen molar-refractivity contribution in [3.63, 3.8) is 0 Å². The number of alkyl halides is 6. The van der Waals surface area contributed by atoms with Crippen molar-refractivity contribution in [3.05, 3.63) is 12.8 Å². The van der Waals surface area contributed by atoms with Gasteiger partial charge < -0.3 is 4.74 Å². The van der Waals surface area contributed by atoms with E-state index in [0.29, 0.717) is 6.26 Å². The second-order valence-electron chi connectivity index (χ2n) is 2.51. The maximum absolute atomic E-state index is 12.5. The van der Waals surface area contributed by atoms with Crippen molar-refractivity contribution < 1.29 is 31.1 Å². The minimum absolute atomic E-state index is 0.431. The molecule has 0 amide bonds. The summed E-state index contributed by atoms with van der Waals surface area (Å²) in [5.41, 5.74) is 0. The molecule has 0 rings (SSSR count). The van der Waals surface area contributed by atoms with E-state index in [9.17, 15) is 26.3 Å². The molecule has 0 heterocycles. The van der Waals surface area contributed by atoms with E-state index < -0.39 is 31.3 Å². The van der Waals surface area contributed by atoms with E-state index in [-0.39, 0.29) is 0 Å². The average molecular weight is 222 g/mol. The summed E-state index contributed by atoms with van der Waals surface area (Å²) in [6.45, 7) is 0.626. The van der Waals surface area contributed by atoms with E-state index in [1.165, 1.54) is 0 Å². The van der Waals surface area contributed by atoms with Crippen LogP contribution in [0.25, 0.3) is 0 Å². The molecule has 0 radical (unpaired) electrons. The largest absolute Gasteiger partial charge is 0.492 e. The zero-order valence-corrected chi connectivity index (χ0v) is 6.95. The number of ether oxygens (including phenoxy) is 1. The van der Waals surface area contributed by atoms with Gasteiger partial charge in [0.2, 0.25) is 0 Å². The van der Waals surface area contributed by atoms with Crippen LogP contribution in [0.4, 0.5) is 26.3 Å². The summed E-state index contributed by atoms with van der Waals surface area (Å²) < 4.78 is 75.8. The topological polar surface area (TPSA) is 9.23 Å². The van der Waals surface area contributed by atoms with Crippen LogP contribution < -0.4 is 0 Å². The molecule has 0 fully saturated rings. The van der Waals surface area contributed by atoms with Crippen LogP contribution in [0, 0.1) is 0 Å². The Balaban J connectivity index is 4.51. The third-order valence-electron chi connectivity index (χ3n) is 1.33. The molecule has 0 aliphatic heterocycles. The molecule has 0 N–H and O–H groups in total. The Morgan fingerprint density at radius 3 is 2.00 bits per heavy atom. The molecule has 0 aliphatic carbocycles. The molecule has 0 aliphatic rings. The van der Waals surface area contributed by atoms with E-state index in [1.54, 1.807) is 0 Å². The SMILES string of the molecule is C=COC(CC(F)(F)F)C(F)(F)CF. The normalized spacial score (nSPS) is 15.0. The second kappa shape index (κ2) is 4.56. The highest BCUT2D eigenvalue weighted by Gasteiger charge is 2.47. The Kier molecular flexibility index (Phi) is 4.28. The van der Waals surface area contributed by atoms with Crippen molar-refractivity contribution >= 4 is 0 Å². The van der Waals surface area contributed by atoms with Crippen LogP contribution in [0.2, 0.25) is 0 Å². The number of halogens is 6. The van der Waals surface area contributed by atoms with Gasteiger partial charge in [0, 0.05) is 0 Å². The van der Waals surface area contributed by atoms with E-state index >= 15 is 0 Å². The van der Waals surface area contributed by atoms with Crippen LogP contribution in [-0.2, 0) is 4.74 Å². The third kappa shape index (κ3) is 4.38. The Hall–Kier alpha value is -0.880. The summed E-state index contributed by atoms with van der Waals surface area (Å²) in [5, 5.41) is 0. The summed E-state index contributed by atoms with van der Waals surface area (Å²) in [5.74, 6) is -4.16. The Morgan fingerprint density at radius 2 is 1.71 bits per heavy atom. The van der Waals surface area contributed by atoms with Crippen LogP contribution >= 0.6 is 0 Å². The summed E-state index contributed by atoms with van der Waals surface area (Å²) in [6, 6.07) is 0. The molecule has 0 saturated heterocycles. The molecule has 0 aromatic rings. The molecular weight excluding hydrogens is 214 g/mol. The van der Waals surface area contributed by atoms with Gasteiger partial charge in [0.05, 0.1) is 12.7 Å². The predicted octanol–water partition coefficient (Wildman–Crippen LogP) is 3.07. The van der Waals surface area contributed by atoms with Gasteiger partial charge in [0.1, 0.15) is 0 Å². The smallest absolute Gasteiger partial charge is 0.392 e. The Bertz CT molecular complexity index is 187. The molecule has 14 heavy (non-hydrogen) atoms. The van der Waals surface area contributed by atoms with E-state index in [0.717, 1.165) is 0 Å². The Morgan fingerprint density at radius 1 is 1.21 bits per heavy atom. The van der Waals surface area contributed by atoms with Gasteiger partial charge >= 0.3 is 12.1 Å². The molecule has 0 spiro atoms. The van der Waals surface area contributed by atoms with E-state index in [2.05, 4.69) is 11.3 Å². The first-order valence-electron chi connectivity index (χ1n) is 3.50. The fourth-order valence-electron chi connectivity index (χ4n) is 0.709. The predicted molar refractivity (Wildman–Crippen MR) is 36.7 cm³/mol. The highest BCUT2D eigenvalue weighted by molar-refractivity contribution is 4.81. The first kappa shape index (κ1) is 13.1. The van der Waals surface area contributed by atoms with E-state index in [1.807, 2.05) is 0 Å². The highest BCUT2D eigenvalue weighted by atomic mass is 19.4. The number of hydrogen-bond donors (Lipinski definition) is 0. The van der Waals surface area contributed by atoms with Gasteiger partial charge in [-0.1, -0.05) is 6.58 Å². The van der Waals surface area contributed by atoms with Crippen molar-refractivity contribution in [2.75, 3.05) is 6.67 Å². The highest BCUT2D eigenvalue weighted by Crippen LogP contribution is 2.32. The fourth-order valence-corrected chi connectivity index (χ4v) is 0.709. The van der Waals surface area contributed by atoms with Crippen LogP contribution in [0.1, 0.15) is 6.42 Å². The van der Waals surface area contributed by atoms with Gasteiger partial charge in [-0.2, -0.15) is 22.0 Å². The molecule has 1 nitrogen and oxygen atoms in total. The van der Waals surface area contributed by atoms with Crippen LogP contribution in [0.5, 0.6) is 0 Å². The minimum Gasteiger partial charge on any atom is -0.492 e. The molecule has 1 unspecified atom stereocenters. The van der Waals surface area contributed by atoms with Crippen molar-refractivity contribution in [2.45, 2.75) is 24.6 Å². The van der Waals surface area contributed by atoms with Crippen molar-refractivity contribution in [2.24, 2.45) is 0 Å². The second-order valence-corrected chi connectivity index (χ2v) is 2.51. The van der Waals surface area contributed by atoms with Gasteiger partial charge in [-0.05, 0) is 0 Å². The monoisotopic (exact) mass is 222 g/mol. The van der Waals surface area contributed by atoms with Gasteiger partial charge in [-0.15, -0.1) is 0 Å². The van der Waals surface area contributed by atoms with Crippen molar-refractivity contribution in [1.82, 2.24) is 0 Å². The minimum atomic E-state index is -4.84. The average Bonchev–Trinajstić information content (AvgIpc) is 2.01. The van der Waals surface area contributed by atoms with Crippen molar-refractivity contribution in [3.8, 4) is 0 Å².